The Bertz CT molecular complexity index is 421. The van der Waals surface area contributed by atoms with E-state index in [9.17, 15) is 4.79 Å². The summed E-state index contributed by atoms with van der Waals surface area (Å²) in [5, 5.41) is 6.39. The summed E-state index contributed by atoms with van der Waals surface area (Å²) in [5.74, 6) is 0. The summed E-state index contributed by atoms with van der Waals surface area (Å²) in [6, 6.07) is 7.40. The van der Waals surface area contributed by atoms with Crippen LogP contribution in [0.3, 0.4) is 0 Å². The molecule has 5 heteroatoms. The largest absolute Gasteiger partial charge is 0.336 e. The fourth-order valence-electron chi connectivity index (χ4n) is 2.46. The van der Waals surface area contributed by atoms with E-state index < -0.39 is 0 Å². The number of anilines is 1. The third kappa shape index (κ3) is 4.11. The van der Waals surface area contributed by atoms with Gasteiger partial charge in [-0.05, 0) is 50.2 Å². The Balaban J connectivity index is 1.77. The lowest BCUT2D eigenvalue weighted by molar-refractivity contribution is 0.238. The highest BCUT2D eigenvalue weighted by atomic mass is 35.5. The lowest BCUT2D eigenvalue weighted by Crippen LogP contribution is -2.41. The van der Waals surface area contributed by atoms with Crippen molar-refractivity contribution in [2.75, 3.05) is 25.0 Å². The standard InChI is InChI=1S/C14H20ClN3O/c1-2-18-9-3-4-13(18)10-16-14(19)17-12-7-5-11(15)6-8-12/h5-8,13H,2-4,9-10H2,1H3,(H2,16,17,19). The lowest BCUT2D eigenvalue weighted by Gasteiger charge is -2.22. The average molecular weight is 282 g/mol. The molecule has 4 nitrogen and oxygen atoms in total. The van der Waals surface area contributed by atoms with Crippen LogP contribution < -0.4 is 10.6 Å². The van der Waals surface area contributed by atoms with Gasteiger partial charge in [-0.3, -0.25) is 4.90 Å². The number of nitrogens with one attached hydrogen (secondary N) is 2. The maximum absolute atomic E-state index is 11.8. The van der Waals surface area contributed by atoms with Gasteiger partial charge in [0.05, 0.1) is 0 Å². The van der Waals surface area contributed by atoms with E-state index in [1.54, 1.807) is 24.3 Å². The molecule has 1 unspecified atom stereocenters. The fourth-order valence-corrected chi connectivity index (χ4v) is 2.59. The van der Waals surface area contributed by atoms with Crippen LogP contribution >= 0.6 is 11.6 Å². The highest BCUT2D eigenvalue weighted by Crippen LogP contribution is 2.16. The van der Waals surface area contributed by atoms with Gasteiger partial charge in [0.2, 0.25) is 0 Å². The smallest absolute Gasteiger partial charge is 0.319 e. The van der Waals surface area contributed by atoms with Crippen LogP contribution in [0.5, 0.6) is 0 Å². The van der Waals surface area contributed by atoms with Crippen molar-refractivity contribution in [3.8, 4) is 0 Å². The van der Waals surface area contributed by atoms with Gasteiger partial charge in [-0.15, -0.1) is 0 Å². The van der Waals surface area contributed by atoms with Gasteiger partial charge in [-0.1, -0.05) is 18.5 Å². The molecular weight excluding hydrogens is 262 g/mol. The predicted molar refractivity (Wildman–Crippen MR) is 78.7 cm³/mol. The number of hydrogen-bond acceptors (Lipinski definition) is 2. The molecule has 0 spiro atoms. The summed E-state index contributed by atoms with van der Waals surface area (Å²) in [4.78, 5) is 14.2. The molecule has 0 radical (unpaired) electrons. The van der Waals surface area contributed by atoms with Gasteiger partial charge in [0.1, 0.15) is 0 Å². The van der Waals surface area contributed by atoms with E-state index in [-0.39, 0.29) is 6.03 Å². The molecule has 1 aromatic carbocycles. The van der Waals surface area contributed by atoms with Crippen molar-refractivity contribution >= 4 is 23.3 Å². The number of hydrogen-bond donors (Lipinski definition) is 2. The van der Waals surface area contributed by atoms with Gasteiger partial charge in [-0.25, -0.2) is 4.79 Å². The van der Waals surface area contributed by atoms with Crippen LogP contribution in [0.25, 0.3) is 0 Å². The third-order valence-electron chi connectivity index (χ3n) is 3.51. The number of amides is 2. The SMILES string of the molecule is CCN1CCCC1CNC(=O)Nc1ccc(Cl)cc1. The summed E-state index contributed by atoms with van der Waals surface area (Å²) >= 11 is 5.79. The first-order valence-corrected chi connectivity index (χ1v) is 7.11. The second-order valence-corrected chi connectivity index (χ2v) is 5.20. The minimum Gasteiger partial charge on any atom is -0.336 e. The topological polar surface area (TPSA) is 44.4 Å². The summed E-state index contributed by atoms with van der Waals surface area (Å²) < 4.78 is 0. The molecule has 1 heterocycles. The number of nitrogens with zero attached hydrogens (tertiary/aromatic N) is 1. The zero-order valence-electron chi connectivity index (χ0n) is 11.2. The van der Waals surface area contributed by atoms with Gasteiger partial charge in [0.25, 0.3) is 0 Å². The van der Waals surface area contributed by atoms with Crippen LogP contribution in [0, 0.1) is 0 Å². The Kier molecular flexibility index (Phi) is 5.05. The molecule has 0 aliphatic carbocycles. The first-order chi connectivity index (χ1) is 9.19. The van der Waals surface area contributed by atoms with E-state index in [1.807, 2.05) is 0 Å². The molecule has 1 aliphatic rings. The summed E-state index contributed by atoms with van der Waals surface area (Å²) in [7, 11) is 0. The molecule has 19 heavy (non-hydrogen) atoms. The Labute approximate surface area is 119 Å². The number of benzene rings is 1. The van der Waals surface area contributed by atoms with E-state index in [1.165, 1.54) is 6.42 Å². The van der Waals surface area contributed by atoms with E-state index >= 15 is 0 Å². The monoisotopic (exact) mass is 281 g/mol. The summed E-state index contributed by atoms with van der Waals surface area (Å²) in [6.07, 6.45) is 2.38. The molecular formula is C14H20ClN3O. The number of likely N-dealkylation sites (tertiary alicyclic amines) is 1. The minimum atomic E-state index is -0.162. The van der Waals surface area contributed by atoms with Crippen molar-refractivity contribution in [2.24, 2.45) is 0 Å². The normalized spacial score (nSPS) is 19.4. The van der Waals surface area contributed by atoms with Crippen LogP contribution in [0.15, 0.2) is 24.3 Å². The summed E-state index contributed by atoms with van der Waals surface area (Å²) in [5.41, 5.74) is 0.751. The molecule has 1 saturated heterocycles. The van der Waals surface area contributed by atoms with Crippen molar-refractivity contribution in [2.45, 2.75) is 25.8 Å². The first kappa shape index (κ1) is 14.2. The second kappa shape index (κ2) is 6.78. The molecule has 104 valence electrons. The molecule has 0 saturated carbocycles. The molecule has 1 aliphatic heterocycles. The number of urea groups is 1. The summed E-state index contributed by atoms with van der Waals surface area (Å²) in [6.45, 7) is 5.05. The molecule has 1 fully saturated rings. The van der Waals surface area contributed by atoms with E-state index in [0.717, 1.165) is 25.2 Å². The number of rotatable bonds is 4. The van der Waals surface area contributed by atoms with Crippen molar-refractivity contribution in [1.82, 2.24) is 10.2 Å². The van der Waals surface area contributed by atoms with Crippen LogP contribution in [-0.2, 0) is 0 Å². The third-order valence-corrected chi connectivity index (χ3v) is 3.76. The molecule has 2 N–H and O–H groups in total. The average Bonchev–Trinajstić information content (AvgIpc) is 2.86. The van der Waals surface area contributed by atoms with Gasteiger partial charge in [-0.2, -0.15) is 0 Å². The van der Waals surface area contributed by atoms with Gasteiger partial charge in [0, 0.05) is 23.3 Å². The number of carbonyl (C=O) groups excluding carboxylic acids is 1. The Morgan fingerprint density at radius 3 is 2.84 bits per heavy atom. The van der Waals surface area contributed by atoms with Crippen molar-refractivity contribution in [3.63, 3.8) is 0 Å². The van der Waals surface area contributed by atoms with E-state index in [2.05, 4.69) is 22.5 Å². The van der Waals surface area contributed by atoms with Gasteiger partial charge in [0.15, 0.2) is 0 Å². The molecule has 1 atom stereocenters. The minimum absolute atomic E-state index is 0.162. The Hall–Kier alpha value is -1.26. The molecule has 0 bridgehead atoms. The molecule has 2 rings (SSSR count). The Morgan fingerprint density at radius 1 is 1.42 bits per heavy atom. The van der Waals surface area contributed by atoms with Crippen molar-refractivity contribution < 1.29 is 4.79 Å². The highest BCUT2D eigenvalue weighted by molar-refractivity contribution is 6.30. The fraction of sp³-hybridized carbons (Fsp3) is 0.500. The molecule has 2 amide bonds. The van der Waals surface area contributed by atoms with Gasteiger partial charge >= 0.3 is 6.03 Å². The van der Waals surface area contributed by atoms with Crippen molar-refractivity contribution in [3.05, 3.63) is 29.3 Å². The Morgan fingerprint density at radius 2 is 2.16 bits per heavy atom. The van der Waals surface area contributed by atoms with E-state index in [4.69, 9.17) is 11.6 Å². The molecule has 1 aromatic rings. The predicted octanol–water partition coefficient (Wildman–Crippen LogP) is 2.95. The molecule has 0 aromatic heterocycles. The highest BCUT2D eigenvalue weighted by Gasteiger charge is 2.22. The maximum Gasteiger partial charge on any atom is 0.319 e. The van der Waals surface area contributed by atoms with Crippen LogP contribution in [0.1, 0.15) is 19.8 Å². The second-order valence-electron chi connectivity index (χ2n) is 4.77. The van der Waals surface area contributed by atoms with Gasteiger partial charge < -0.3 is 10.6 Å². The number of likely N-dealkylation sites (N-methyl/N-ethyl adjacent to an activating group) is 1. The van der Waals surface area contributed by atoms with Crippen LogP contribution in [0.2, 0.25) is 5.02 Å². The van der Waals surface area contributed by atoms with Crippen molar-refractivity contribution in [1.29, 1.82) is 0 Å². The van der Waals surface area contributed by atoms with Crippen LogP contribution in [-0.4, -0.2) is 36.6 Å². The quantitative estimate of drug-likeness (QED) is 0.891. The van der Waals surface area contributed by atoms with Crippen LogP contribution in [0.4, 0.5) is 10.5 Å². The zero-order chi connectivity index (χ0) is 13.7. The van der Waals surface area contributed by atoms with E-state index in [0.29, 0.717) is 17.6 Å². The lowest BCUT2D eigenvalue weighted by atomic mass is 10.2. The number of halogens is 1. The zero-order valence-corrected chi connectivity index (χ0v) is 11.9. The number of carbonyl (C=O) groups is 1. The maximum atomic E-state index is 11.8. The first-order valence-electron chi connectivity index (χ1n) is 6.73.